The standard InChI is InChI=1S/C6H10O3.C2H4O2/c1-3-4-9-5(2)6(7)8;1-2(3)4/h3,5H,1,4H2,2H3,(H,7,8);1H3,(H,3,4). The van der Waals surface area contributed by atoms with Crippen molar-refractivity contribution in [2.24, 2.45) is 0 Å². The van der Waals surface area contributed by atoms with Gasteiger partial charge < -0.3 is 14.9 Å². The van der Waals surface area contributed by atoms with Crippen molar-refractivity contribution in [1.29, 1.82) is 0 Å². The van der Waals surface area contributed by atoms with Crippen molar-refractivity contribution >= 4 is 11.9 Å². The third-order valence-corrected chi connectivity index (χ3v) is 0.812. The summed E-state index contributed by atoms with van der Waals surface area (Å²) >= 11 is 0. The first-order chi connectivity index (χ1) is 5.91. The topological polar surface area (TPSA) is 83.8 Å². The molecule has 5 heteroatoms. The Morgan fingerprint density at radius 2 is 1.92 bits per heavy atom. The lowest BCUT2D eigenvalue weighted by Gasteiger charge is -2.03. The highest BCUT2D eigenvalue weighted by Crippen LogP contribution is 1.88. The SMILES string of the molecule is C=CCOC(C)C(=O)O.CC(=O)O. The van der Waals surface area contributed by atoms with Crippen LogP contribution in [0.25, 0.3) is 0 Å². The van der Waals surface area contributed by atoms with E-state index in [4.69, 9.17) is 19.7 Å². The van der Waals surface area contributed by atoms with E-state index in [2.05, 4.69) is 6.58 Å². The Morgan fingerprint density at radius 1 is 1.54 bits per heavy atom. The molecule has 0 radical (unpaired) electrons. The Labute approximate surface area is 76.6 Å². The van der Waals surface area contributed by atoms with Crippen LogP contribution in [0.4, 0.5) is 0 Å². The van der Waals surface area contributed by atoms with E-state index in [0.29, 0.717) is 0 Å². The van der Waals surface area contributed by atoms with Gasteiger partial charge in [0.25, 0.3) is 5.97 Å². The van der Waals surface area contributed by atoms with Crippen LogP contribution in [-0.4, -0.2) is 34.9 Å². The Bertz CT molecular complexity index is 171. The van der Waals surface area contributed by atoms with Crippen LogP contribution in [0.5, 0.6) is 0 Å². The fourth-order valence-electron chi connectivity index (χ4n) is 0.284. The van der Waals surface area contributed by atoms with E-state index in [-0.39, 0.29) is 6.61 Å². The Hall–Kier alpha value is -1.36. The Morgan fingerprint density at radius 3 is 2.15 bits per heavy atom. The maximum atomic E-state index is 10.0. The molecule has 2 N–H and O–H groups in total. The van der Waals surface area contributed by atoms with E-state index < -0.39 is 18.0 Å². The quantitative estimate of drug-likeness (QED) is 0.639. The van der Waals surface area contributed by atoms with Crippen LogP contribution in [0.15, 0.2) is 12.7 Å². The van der Waals surface area contributed by atoms with Gasteiger partial charge in [-0.15, -0.1) is 6.58 Å². The van der Waals surface area contributed by atoms with Crippen molar-refractivity contribution in [3.05, 3.63) is 12.7 Å². The second-order valence-electron chi connectivity index (χ2n) is 2.12. The van der Waals surface area contributed by atoms with Gasteiger partial charge in [0.2, 0.25) is 0 Å². The van der Waals surface area contributed by atoms with Gasteiger partial charge in [0.05, 0.1) is 6.61 Å². The number of carboxylic acids is 2. The largest absolute Gasteiger partial charge is 0.481 e. The molecule has 0 fully saturated rings. The minimum atomic E-state index is -0.947. The molecule has 0 saturated heterocycles. The van der Waals surface area contributed by atoms with E-state index in [9.17, 15) is 4.79 Å². The van der Waals surface area contributed by atoms with Gasteiger partial charge in [0.15, 0.2) is 6.10 Å². The number of carbonyl (C=O) groups is 2. The second-order valence-corrected chi connectivity index (χ2v) is 2.12. The fourth-order valence-corrected chi connectivity index (χ4v) is 0.284. The lowest BCUT2D eigenvalue weighted by atomic mass is 10.4. The first kappa shape index (κ1) is 14.2. The van der Waals surface area contributed by atoms with Crippen LogP contribution in [-0.2, 0) is 14.3 Å². The van der Waals surface area contributed by atoms with E-state index in [1.54, 1.807) is 0 Å². The molecule has 0 rings (SSSR count). The molecular weight excluding hydrogens is 176 g/mol. The van der Waals surface area contributed by atoms with Crippen LogP contribution in [0.1, 0.15) is 13.8 Å². The summed E-state index contributed by atoms with van der Waals surface area (Å²) < 4.78 is 4.73. The van der Waals surface area contributed by atoms with Crippen LogP contribution in [0, 0.1) is 0 Å². The Kier molecular flexibility index (Phi) is 9.53. The van der Waals surface area contributed by atoms with Gasteiger partial charge in [-0.2, -0.15) is 0 Å². The molecule has 0 aromatic carbocycles. The van der Waals surface area contributed by atoms with E-state index >= 15 is 0 Å². The van der Waals surface area contributed by atoms with Gasteiger partial charge >= 0.3 is 5.97 Å². The first-order valence-corrected chi connectivity index (χ1v) is 3.56. The summed E-state index contributed by atoms with van der Waals surface area (Å²) in [6.07, 6.45) is 0.780. The molecule has 76 valence electrons. The maximum absolute atomic E-state index is 10.0. The highest BCUT2D eigenvalue weighted by molar-refractivity contribution is 5.71. The number of hydrogen-bond donors (Lipinski definition) is 2. The predicted molar refractivity (Wildman–Crippen MR) is 46.6 cm³/mol. The molecule has 0 bridgehead atoms. The molecule has 0 aliphatic carbocycles. The summed E-state index contributed by atoms with van der Waals surface area (Å²) in [4.78, 5) is 19.0. The smallest absolute Gasteiger partial charge is 0.332 e. The molecule has 1 unspecified atom stereocenters. The molecule has 0 aromatic rings. The molecule has 0 aromatic heterocycles. The van der Waals surface area contributed by atoms with Gasteiger partial charge in [0.1, 0.15) is 0 Å². The minimum Gasteiger partial charge on any atom is -0.481 e. The average Bonchev–Trinajstić information content (AvgIpc) is 1.98. The Balaban J connectivity index is 0. The van der Waals surface area contributed by atoms with Gasteiger partial charge in [-0.1, -0.05) is 6.08 Å². The van der Waals surface area contributed by atoms with Gasteiger partial charge in [0, 0.05) is 6.92 Å². The molecule has 1 atom stereocenters. The summed E-state index contributed by atoms with van der Waals surface area (Å²) in [6, 6.07) is 0. The zero-order chi connectivity index (χ0) is 10.9. The number of aliphatic carboxylic acids is 2. The van der Waals surface area contributed by atoms with Crippen LogP contribution >= 0.6 is 0 Å². The summed E-state index contributed by atoms with van der Waals surface area (Å²) in [6.45, 7) is 6.22. The van der Waals surface area contributed by atoms with Crippen molar-refractivity contribution < 1.29 is 24.5 Å². The van der Waals surface area contributed by atoms with Crippen molar-refractivity contribution in [3.8, 4) is 0 Å². The molecule has 0 amide bonds. The van der Waals surface area contributed by atoms with E-state index in [0.717, 1.165) is 6.92 Å². The summed E-state index contributed by atoms with van der Waals surface area (Å²) in [5, 5.41) is 15.7. The molecule has 0 saturated carbocycles. The monoisotopic (exact) mass is 190 g/mol. The molecule has 0 spiro atoms. The lowest BCUT2D eigenvalue weighted by molar-refractivity contribution is -0.148. The minimum absolute atomic E-state index is 0.285. The highest BCUT2D eigenvalue weighted by atomic mass is 16.5. The normalized spacial score (nSPS) is 10.6. The summed E-state index contributed by atoms with van der Waals surface area (Å²) in [7, 11) is 0. The third kappa shape index (κ3) is 18.0. The van der Waals surface area contributed by atoms with Gasteiger partial charge in [-0.05, 0) is 6.92 Å². The number of rotatable bonds is 4. The number of ether oxygens (including phenoxy) is 1. The number of carboxylic acid groups (broad SMARTS) is 2. The highest BCUT2D eigenvalue weighted by Gasteiger charge is 2.08. The third-order valence-electron chi connectivity index (χ3n) is 0.812. The van der Waals surface area contributed by atoms with Crippen LogP contribution in [0.3, 0.4) is 0 Å². The van der Waals surface area contributed by atoms with E-state index in [1.807, 2.05) is 0 Å². The van der Waals surface area contributed by atoms with Crippen molar-refractivity contribution in [3.63, 3.8) is 0 Å². The van der Waals surface area contributed by atoms with E-state index in [1.165, 1.54) is 13.0 Å². The van der Waals surface area contributed by atoms with Crippen molar-refractivity contribution in [2.45, 2.75) is 20.0 Å². The summed E-state index contributed by atoms with van der Waals surface area (Å²) in [5.41, 5.74) is 0. The van der Waals surface area contributed by atoms with Crippen LogP contribution < -0.4 is 0 Å². The number of hydrogen-bond acceptors (Lipinski definition) is 3. The zero-order valence-electron chi connectivity index (χ0n) is 7.69. The summed E-state index contributed by atoms with van der Waals surface area (Å²) in [5.74, 6) is -1.78. The first-order valence-electron chi connectivity index (χ1n) is 3.56. The second kappa shape index (κ2) is 8.73. The molecule has 0 aliphatic heterocycles. The van der Waals surface area contributed by atoms with Gasteiger partial charge in [-0.3, -0.25) is 4.79 Å². The molecule has 5 nitrogen and oxygen atoms in total. The van der Waals surface area contributed by atoms with Crippen molar-refractivity contribution in [1.82, 2.24) is 0 Å². The predicted octanol–water partition coefficient (Wildman–Crippen LogP) is 0.753. The molecule has 0 aliphatic rings. The van der Waals surface area contributed by atoms with Crippen molar-refractivity contribution in [2.75, 3.05) is 6.61 Å². The molecule has 13 heavy (non-hydrogen) atoms. The lowest BCUT2D eigenvalue weighted by Crippen LogP contribution is -2.19. The maximum Gasteiger partial charge on any atom is 0.332 e. The van der Waals surface area contributed by atoms with Gasteiger partial charge in [-0.25, -0.2) is 4.79 Å². The van der Waals surface area contributed by atoms with Crippen LogP contribution in [0.2, 0.25) is 0 Å². The zero-order valence-corrected chi connectivity index (χ0v) is 7.69. The molecule has 0 heterocycles. The molecular formula is C8H14O5. The average molecular weight is 190 g/mol. The fraction of sp³-hybridized carbons (Fsp3) is 0.500.